The van der Waals surface area contributed by atoms with E-state index >= 15 is 0 Å². The topological polar surface area (TPSA) is 75.3 Å². The minimum Gasteiger partial charge on any atom is -0.376 e. The average molecular weight is 336 g/mol. The van der Waals surface area contributed by atoms with Gasteiger partial charge in [0.25, 0.3) is 0 Å². The predicted molar refractivity (Wildman–Crippen MR) is 87.8 cm³/mol. The lowest BCUT2D eigenvalue weighted by atomic mass is 10.2. The average Bonchev–Trinajstić information content (AvgIpc) is 2.48. The standard InChI is InChI=1S/C16H17FN2O3S/c1-11-6-7-13(9-15(11)17)19-16(20)10-18-12-4-3-5-14(8-12)23(2,21)22/h3-9,18H,10H2,1-2H3,(H,19,20). The van der Waals surface area contributed by atoms with Crippen molar-refractivity contribution in [3.63, 3.8) is 0 Å². The zero-order valence-corrected chi connectivity index (χ0v) is 13.6. The summed E-state index contributed by atoms with van der Waals surface area (Å²) in [7, 11) is -3.30. The van der Waals surface area contributed by atoms with Gasteiger partial charge in [-0.25, -0.2) is 12.8 Å². The Bertz CT molecular complexity index is 835. The van der Waals surface area contributed by atoms with Crippen molar-refractivity contribution in [3.05, 3.63) is 53.8 Å². The van der Waals surface area contributed by atoms with Crippen LogP contribution in [0.5, 0.6) is 0 Å². The number of rotatable bonds is 5. The van der Waals surface area contributed by atoms with Crippen molar-refractivity contribution < 1.29 is 17.6 Å². The molecule has 0 fully saturated rings. The molecule has 7 heteroatoms. The summed E-state index contributed by atoms with van der Waals surface area (Å²) in [5.74, 6) is -0.755. The SMILES string of the molecule is Cc1ccc(NC(=O)CNc2cccc(S(C)(=O)=O)c2)cc1F. The Morgan fingerprint density at radius 3 is 2.52 bits per heavy atom. The van der Waals surface area contributed by atoms with Gasteiger partial charge in [-0.1, -0.05) is 12.1 Å². The molecule has 2 rings (SSSR count). The molecule has 0 aliphatic rings. The van der Waals surface area contributed by atoms with Gasteiger partial charge in [0.2, 0.25) is 5.91 Å². The summed E-state index contributed by atoms with van der Waals surface area (Å²) in [4.78, 5) is 12.0. The number of nitrogens with one attached hydrogen (secondary N) is 2. The highest BCUT2D eigenvalue weighted by atomic mass is 32.2. The van der Waals surface area contributed by atoms with E-state index in [0.29, 0.717) is 16.9 Å². The van der Waals surface area contributed by atoms with Gasteiger partial charge in [-0.05, 0) is 42.8 Å². The molecule has 0 saturated carbocycles. The lowest BCUT2D eigenvalue weighted by Gasteiger charge is -2.09. The van der Waals surface area contributed by atoms with Gasteiger partial charge in [0.1, 0.15) is 5.82 Å². The quantitative estimate of drug-likeness (QED) is 0.880. The first kappa shape index (κ1) is 17.0. The van der Waals surface area contributed by atoms with E-state index in [1.807, 2.05) is 0 Å². The molecule has 2 aromatic carbocycles. The van der Waals surface area contributed by atoms with Crippen molar-refractivity contribution in [1.82, 2.24) is 0 Å². The van der Waals surface area contributed by atoms with Crippen LogP contribution in [0.2, 0.25) is 0 Å². The van der Waals surface area contributed by atoms with E-state index in [-0.39, 0.29) is 17.3 Å². The highest BCUT2D eigenvalue weighted by Crippen LogP contribution is 2.16. The number of carbonyl (C=O) groups is 1. The first-order valence-corrected chi connectivity index (χ1v) is 8.75. The second kappa shape index (κ2) is 6.78. The Morgan fingerprint density at radius 1 is 1.13 bits per heavy atom. The molecule has 0 unspecified atom stereocenters. The maximum atomic E-state index is 13.4. The molecule has 23 heavy (non-hydrogen) atoms. The summed E-state index contributed by atoms with van der Waals surface area (Å²) in [6.07, 6.45) is 1.12. The largest absolute Gasteiger partial charge is 0.376 e. The van der Waals surface area contributed by atoms with Gasteiger partial charge in [0, 0.05) is 17.6 Å². The molecule has 0 aliphatic heterocycles. The van der Waals surface area contributed by atoms with E-state index in [4.69, 9.17) is 0 Å². The molecule has 2 aromatic rings. The highest BCUT2D eigenvalue weighted by molar-refractivity contribution is 7.90. The van der Waals surface area contributed by atoms with Crippen LogP contribution in [-0.4, -0.2) is 27.1 Å². The summed E-state index contributed by atoms with van der Waals surface area (Å²) < 4.78 is 36.4. The lowest BCUT2D eigenvalue weighted by molar-refractivity contribution is -0.114. The summed E-state index contributed by atoms with van der Waals surface area (Å²) in [6.45, 7) is 1.57. The van der Waals surface area contributed by atoms with Crippen LogP contribution < -0.4 is 10.6 Å². The number of aryl methyl sites for hydroxylation is 1. The van der Waals surface area contributed by atoms with Crippen molar-refractivity contribution in [2.24, 2.45) is 0 Å². The number of halogens is 1. The third kappa shape index (κ3) is 4.79. The van der Waals surface area contributed by atoms with Gasteiger partial charge in [0.15, 0.2) is 9.84 Å². The van der Waals surface area contributed by atoms with E-state index in [0.717, 1.165) is 6.26 Å². The Hall–Kier alpha value is -2.41. The Labute approximate surface area is 134 Å². The molecule has 0 spiro atoms. The van der Waals surface area contributed by atoms with Gasteiger partial charge in [-0.15, -0.1) is 0 Å². The molecule has 2 N–H and O–H groups in total. The van der Waals surface area contributed by atoms with E-state index in [1.54, 1.807) is 31.2 Å². The number of benzene rings is 2. The maximum Gasteiger partial charge on any atom is 0.243 e. The Balaban J connectivity index is 1.98. The van der Waals surface area contributed by atoms with E-state index in [2.05, 4.69) is 10.6 Å². The number of hydrogen-bond acceptors (Lipinski definition) is 4. The number of hydrogen-bond donors (Lipinski definition) is 2. The second-order valence-corrected chi connectivity index (χ2v) is 7.18. The predicted octanol–water partition coefficient (Wildman–Crippen LogP) is 2.59. The molecule has 0 atom stereocenters. The van der Waals surface area contributed by atoms with Crippen LogP contribution in [0.4, 0.5) is 15.8 Å². The van der Waals surface area contributed by atoms with Crippen molar-refractivity contribution in [1.29, 1.82) is 0 Å². The molecule has 0 heterocycles. The van der Waals surface area contributed by atoms with Gasteiger partial charge >= 0.3 is 0 Å². The van der Waals surface area contributed by atoms with Crippen molar-refractivity contribution in [2.45, 2.75) is 11.8 Å². The Kier molecular flexibility index (Phi) is 5.00. The Morgan fingerprint density at radius 2 is 1.87 bits per heavy atom. The molecule has 122 valence electrons. The number of carbonyl (C=O) groups excluding carboxylic acids is 1. The van der Waals surface area contributed by atoms with Crippen LogP contribution >= 0.6 is 0 Å². The third-order valence-electron chi connectivity index (χ3n) is 3.17. The fraction of sp³-hybridized carbons (Fsp3) is 0.188. The zero-order valence-electron chi connectivity index (χ0n) is 12.8. The molecule has 5 nitrogen and oxygen atoms in total. The summed E-state index contributed by atoms with van der Waals surface area (Å²) in [6, 6.07) is 10.6. The van der Waals surface area contributed by atoms with Gasteiger partial charge < -0.3 is 10.6 Å². The summed E-state index contributed by atoms with van der Waals surface area (Å²) >= 11 is 0. The van der Waals surface area contributed by atoms with E-state index in [9.17, 15) is 17.6 Å². The van der Waals surface area contributed by atoms with Crippen LogP contribution in [0, 0.1) is 12.7 Å². The molecule has 1 amide bonds. The maximum absolute atomic E-state index is 13.4. The molecular formula is C16H17FN2O3S. The van der Waals surface area contributed by atoms with Gasteiger partial charge in [-0.2, -0.15) is 0 Å². The first-order valence-electron chi connectivity index (χ1n) is 6.86. The minimum atomic E-state index is -3.30. The van der Waals surface area contributed by atoms with Crippen molar-refractivity contribution in [3.8, 4) is 0 Å². The number of anilines is 2. The van der Waals surface area contributed by atoms with E-state index < -0.39 is 15.7 Å². The zero-order chi connectivity index (χ0) is 17.0. The number of amides is 1. The van der Waals surface area contributed by atoms with Gasteiger partial charge in [0.05, 0.1) is 11.4 Å². The first-order chi connectivity index (χ1) is 10.8. The monoisotopic (exact) mass is 336 g/mol. The van der Waals surface area contributed by atoms with E-state index in [1.165, 1.54) is 18.2 Å². The molecular weight excluding hydrogens is 319 g/mol. The molecule has 0 aromatic heterocycles. The second-order valence-electron chi connectivity index (χ2n) is 5.17. The van der Waals surface area contributed by atoms with Crippen LogP contribution in [0.15, 0.2) is 47.4 Å². The normalized spacial score (nSPS) is 11.1. The van der Waals surface area contributed by atoms with Crippen molar-refractivity contribution >= 4 is 27.1 Å². The molecule has 0 bridgehead atoms. The fourth-order valence-corrected chi connectivity index (χ4v) is 2.56. The molecule has 0 radical (unpaired) electrons. The van der Waals surface area contributed by atoms with Crippen LogP contribution in [0.3, 0.4) is 0 Å². The van der Waals surface area contributed by atoms with Crippen LogP contribution in [0.1, 0.15) is 5.56 Å². The van der Waals surface area contributed by atoms with Crippen LogP contribution in [-0.2, 0) is 14.6 Å². The van der Waals surface area contributed by atoms with Gasteiger partial charge in [-0.3, -0.25) is 4.79 Å². The molecule has 0 saturated heterocycles. The van der Waals surface area contributed by atoms with Crippen molar-refractivity contribution in [2.75, 3.05) is 23.4 Å². The molecule has 0 aliphatic carbocycles. The highest BCUT2D eigenvalue weighted by Gasteiger charge is 2.08. The lowest BCUT2D eigenvalue weighted by Crippen LogP contribution is -2.21. The minimum absolute atomic E-state index is 0.0668. The third-order valence-corrected chi connectivity index (χ3v) is 4.28. The summed E-state index contributed by atoms with van der Waals surface area (Å²) in [5, 5.41) is 5.40. The number of sulfone groups is 1. The fourth-order valence-electron chi connectivity index (χ4n) is 1.89. The smallest absolute Gasteiger partial charge is 0.243 e. The van der Waals surface area contributed by atoms with Crippen LogP contribution in [0.25, 0.3) is 0 Å². The summed E-state index contributed by atoms with van der Waals surface area (Å²) in [5.41, 5.74) is 1.38.